The molecule has 0 fully saturated rings. The molecule has 0 radical (unpaired) electrons. The van der Waals surface area contributed by atoms with Crippen LogP contribution in [0.15, 0.2) is 41.3 Å². The molecule has 0 heterocycles. The Morgan fingerprint density at radius 3 is 2.61 bits per heavy atom. The van der Waals surface area contributed by atoms with E-state index < -0.39 is 14.9 Å². The van der Waals surface area contributed by atoms with Crippen molar-refractivity contribution in [1.29, 1.82) is 5.26 Å². The van der Waals surface area contributed by atoms with Gasteiger partial charge in [0, 0.05) is 11.6 Å². The minimum absolute atomic E-state index is 0.0228. The van der Waals surface area contributed by atoms with Crippen molar-refractivity contribution in [3.63, 3.8) is 0 Å². The zero-order valence-corrected chi connectivity index (χ0v) is 13.4. The lowest BCUT2D eigenvalue weighted by molar-refractivity contribution is -0.385. The summed E-state index contributed by atoms with van der Waals surface area (Å²) in [5, 5.41) is 19.8. The third-order valence-electron chi connectivity index (χ3n) is 3.04. The number of sulfonamides is 1. The van der Waals surface area contributed by atoms with Gasteiger partial charge in [0.25, 0.3) is 15.7 Å². The zero-order chi connectivity index (χ0) is 17.2. The highest BCUT2D eigenvalue weighted by molar-refractivity contribution is 7.92. The number of nitro benzene ring substituents is 1. The number of benzene rings is 2. The van der Waals surface area contributed by atoms with Crippen LogP contribution in [0.1, 0.15) is 11.1 Å². The van der Waals surface area contributed by atoms with E-state index >= 15 is 0 Å². The maximum absolute atomic E-state index is 12.4. The van der Waals surface area contributed by atoms with Gasteiger partial charge in [-0.2, -0.15) is 5.26 Å². The standard InChI is InChI=1S/C14H10ClN3O4S/c1-9-13(15)6-12(7-14(9)18(19)20)23(21,22)17-11-4-2-3-10(5-11)8-16/h2-7,17H,1H3. The number of hydrogen-bond acceptors (Lipinski definition) is 5. The Kier molecular flexibility index (Phi) is 4.54. The average Bonchev–Trinajstić information content (AvgIpc) is 2.49. The maximum atomic E-state index is 12.4. The molecule has 0 aliphatic carbocycles. The van der Waals surface area contributed by atoms with Gasteiger partial charge in [-0.05, 0) is 31.2 Å². The van der Waals surface area contributed by atoms with Gasteiger partial charge in [-0.1, -0.05) is 17.7 Å². The molecule has 0 bridgehead atoms. The summed E-state index contributed by atoms with van der Waals surface area (Å²) in [5.41, 5.74) is 0.243. The van der Waals surface area contributed by atoms with Gasteiger partial charge in [0.2, 0.25) is 0 Å². The maximum Gasteiger partial charge on any atom is 0.275 e. The first kappa shape index (κ1) is 16.7. The number of hydrogen-bond donors (Lipinski definition) is 1. The van der Waals surface area contributed by atoms with Crippen LogP contribution in [0.2, 0.25) is 5.02 Å². The highest BCUT2D eigenvalue weighted by atomic mass is 35.5. The van der Waals surface area contributed by atoms with Crippen LogP contribution in [-0.4, -0.2) is 13.3 Å². The van der Waals surface area contributed by atoms with E-state index in [9.17, 15) is 18.5 Å². The normalized spacial score (nSPS) is 10.8. The number of rotatable bonds is 4. The van der Waals surface area contributed by atoms with E-state index in [-0.39, 0.29) is 32.4 Å². The summed E-state index contributed by atoms with van der Waals surface area (Å²) in [6.07, 6.45) is 0. The number of anilines is 1. The van der Waals surface area contributed by atoms with Crippen molar-refractivity contribution in [2.75, 3.05) is 4.72 Å². The van der Waals surface area contributed by atoms with Gasteiger partial charge in [0.15, 0.2) is 0 Å². The highest BCUT2D eigenvalue weighted by Gasteiger charge is 2.22. The SMILES string of the molecule is Cc1c(Cl)cc(S(=O)(=O)Nc2cccc(C#N)c2)cc1[N+](=O)[O-]. The molecule has 9 heteroatoms. The van der Waals surface area contributed by atoms with Crippen LogP contribution in [0.4, 0.5) is 11.4 Å². The Morgan fingerprint density at radius 1 is 1.30 bits per heavy atom. The smallest absolute Gasteiger partial charge is 0.275 e. The summed E-state index contributed by atoms with van der Waals surface area (Å²) in [6.45, 7) is 1.43. The van der Waals surface area contributed by atoms with Crippen LogP contribution in [-0.2, 0) is 10.0 Å². The van der Waals surface area contributed by atoms with E-state index in [1.165, 1.54) is 31.2 Å². The Hall–Kier alpha value is -2.63. The van der Waals surface area contributed by atoms with E-state index in [1.807, 2.05) is 6.07 Å². The first-order valence-corrected chi connectivity index (χ1v) is 8.08. The van der Waals surface area contributed by atoms with Crippen molar-refractivity contribution in [3.05, 3.63) is 62.7 Å². The second kappa shape index (κ2) is 6.24. The summed E-state index contributed by atoms with van der Waals surface area (Å²) in [5.74, 6) is 0. The molecule has 0 saturated heterocycles. The van der Waals surface area contributed by atoms with Gasteiger partial charge in [0.05, 0.1) is 32.2 Å². The van der Waals surface area contributed by atoms with E-state index in [4.69, 9.17) is 16.9 Å². The van der Waals surface area contributed by atoms with Crippen LogP contribution < -0.4 is 4.72 Å². The van der Waals surface area contributed by atoms with Crippen LogP contribution in [0.25, 0.3) is 0 Å². The summed E-state index contributed by atoms with van der Waals surface area (Å²) < 4.78 is 27.0. The molecule has 2 aromatic carbocycles. The summed E-state index contributed by atoms with van der Waals surface area (Å²) in [4.78, 5) is 9.96. The van der Waals surface area contributed by atoms with E-state index in [1.54, 1.807) is 0 Å². The quantitative estimate of drug-likeness (QED) is 0.671. The van der Waals surface area contributed by atoms with Crippen molar-refractivity contribution in [3.8, 4) is 6.07 Å². The fourth-order valence-electron chi connectivity index (χ4n) is 1.85. The Labute approximate surface area is 137 Å². The predicted molar refractivity (Wildman–Crippen MR) is 84.8 cm³/mol. The lowest BCUT2D eigenvalue weighted by Gasteiger charge is -2.10. The average molecular weight is 352 g/mol. The van der Waals surface area contributed by atoms with Gasteiger partial charge in [-0.3, -0.25) is 14.8 Å². The minimum atomic E-state index is -4.08. The second-order valence-electron chi connectivity index (χ2n) is 4.60. The molecule has 2 rings (SSSR count). The van der Waals surface area contributed by atoms with Crippen molar-refractivity contribution >= 4 is 33.0 Å². The molecule has 0 saturated carbocycles. The molecule has 0 amide bonds. The summed E-state index contributed by atoms with van der Waals surface area (Å²) in [6, 6.07) is 9.81. The van der Waals surface area contributed by atoms with Gasteiger partial charge < -0.3 is 0 Å². The van der Waals surface area contributed by atoms with Crippen molar-refractivity contribution in [1.82, 2.24) is 0 Å². The molecular formula is C14H10ClN3O4S. The molecule has 0 aliphatic rings. The van der Waals surface area contributed by atoms with E-state index in [2.05, 4.69) is 4.72 Å². The molecule has 1 N–H and O–H groups in total. The summed E-state index contributed by atoms with van der Waals surface area (Å²) in [7, 11) is -4.08. The van der Waals surface area contributed by atoms with Gasteiger partial charge in [-0.25, -0.2) is 8.42 Å². The highest BCUT2D eigenvalue weighted by Crippen LogP contribution is 2.30. The fraction of sp³-hybridized carbons (Fsp3) is 0.0714. The van der Waals surface area contributed by atoms with E-state index in [0.717, 1.165) is 12.1 Å². The molecule has 23 heavy (non-hydrogen) atoms. The molecule has 0 aliphatic heterocycles. The minimum Gasteiger partial charge on any atom is -0.280 e. The van der Waals surface area contributed by atoms with Crippen LogP contribution in [0.5, 0.6) is 0 Å². The van der Waals surface area contributed by atoms with Crippen molar-refractivity contribution < 1.29 is 13.3 Å². The van der Waals surface area contributed by atoms with E-state index in [0.29, 0.717) is 0 Å². The third-order valence-corrected chi connectivity index (χ3v) is 4.79. The molecule has 0 spiro atoms. The van der Waals surface area contributed by atoms with Crippen molar-refractivity contribution in [2.24, 2.45) is 0 Å². The number of nitrogens with one attached hydrogen (secondary N) is 1. The number of nitro groups is 1. The van der Waals surface area contributed by atoms with Crippen molar-refractivity contribution in [2.45, 2.75) is 11.8 Å². The van der Waals surface area contributed by atoms with Gasteiger partial charge >= 0.3 is 0 Å². The fourth-order valence-corrected chi connectivity index (χ4v) is 3.23. The molecule has 2 aromatic rings. The Balaban J connectivity index is 2.48. The molecule has 0 aromatic heterocycles. The first-order chi connectivity index (χ1) is 10.7. The Morgan fingerprint density at radius 2 is 2.00 bits per heavy atom. The largest absolute Gasteiger partial charge is 0.280 e. The lowest BCUT2D eigenvalue weighted by atomic mass is 10.2. The monoisotopic (exact) mass is 351 g/mol. The number of nitrogens with zero attached hydrogens (tertiary/aromatic N) is 2. The lowest BCUT2D eigenvalue weighted by Crippen LogP contribution is -2.13. The summed E-state index contributed by atoms with van der Waals surface area (Å²) >= 11 is 5.88. The topological polar surface area (TPSA) is 113 Å². The van der Waals surface area contributed by atoms with Crippen LogP contribution >= 0.6 is 11.6 Å². The van der Waals surface area contributed by atoms with Crippen LogP contribution in [0.3, 0.4) is 0 Å². The van der Waals surface area contributed by atoms with Gasteiger partial charge in [-0.15, -0.1) is 0 Å². The zero-order valence-electron chi connectivity index (χ0n) is 11.8. The number of halogens is 1. The predicted octanol–water partition coefficient (Wildman–Crippen LogP) is 3.23. The third kappa shape index (κ3) is 3.59. The van der Waals surface area contributed by atoms with Gasteiger partial charge in [0.1, 0.15) is 0 Å². The molecule has 7 nitrogen and oxygen atoms in total. The van der Waals surface area contributed by atoms with Crippen LogP contribution in [0, 0.1) is 28.4 Å². The number of nitriles is 1. The molecular weight excluding hydrogens is 342 g/mol. The molecule has 0 atom stereocenters. The first-order valence-electron chi connectivity index (χ1n) is 6.22. The second-order valence-corrected chi connectivity index (χ2v) is 6.69. The molecule has 0 unspecified atom stereocenters. The Bertz CT molecular complexity index is 936. The molecule has 118 valence electrons.